The SMILES string of the molecule is Cc1cc(CC(=O)Nc2cnn(C(C)(C)C)c2)cc(F)c1Oc1ccnc2ccc([S@](=N)(=O)c3ccccc3)cc12. The van der Waals surface area contributed by atoms with Crippen LogP contribution in [0.5, 0.6) is 11.5 Å². The second kappa shape index (κ2) is 10.8. The number of hydrogen-bond donors (Lipinski definition) is 2. The van der Waals surface area contributed by atoms with Crippen LogP contribution in [0.1, 0.15) is 31.9 Å². The number of nitrogens with one attached hydrogen (secondary N) is 2. The number of amides is 1. The molecule has 0 spiro atoms. The van der Waals surface area contributed by atoms with Gasteiger partial charge in [0.2, 0.25) is 5.91 Å². The summed E-state index contributed by atoms with van der Waals surface area (Å²) in [7, 11) is -3.28. The molecule has 2 aromatic heterocycles. The van der Waals surface area contributed by atoms with Gasteiger partial charge in [-0.1, -0.05) is 24.3 Å². The number of rotatable bonds is 7. The number of carbonyl (C=O) groups excluding carboxylic acids is 1. The average molecular weight is 572 g/mol. The van der Waals surface area contributed by atoms with Crippen molar-refractivity contribution in [2.45, 2.75) is 49.4 Å². The summed E-state index contributed by atoms with van der Waals surface area (Å²) in [6.07, 6.45) is 4.84. The van der Waals surface area contributed by atoms with Crippen LogP contribution in [0.25, 0.3) is 10.9 Å². The van der Waals surface area contributed by atoms with Crippen molar-refractivity contribution < 1.29 is 18.1 Å². The lowest BCUT2D eigenvalue weighted by molar-refractivity contribution is -0.115. The number of halogens is 1. The molecule has 5 aromatic rings. The topological polar surface area (TPSA) is 110 Å². The second-order valence-corrected chi connectivity index (χ2v) is 12.8. The van der Waals surface area contributed by atoms with E-state index in [0.717, 1.165) is 0 Å². The largest absolute Gasteiger partial charge is 0.453 e. The zero-order valence-electron chi connectivity index (χ0n) is 23.1. The van der Waals surface area contributed by atoms with E-state index in [4.69, 9.17) is 9.52 Å². The summed E-state index contributed by atoms with van der Waals surface area (Å²) in [4.78, 5) is 17.7. The molecule has 2 N–H and O–H groups in total. The lowest BCUT2D eigenvalue weighted by Crippen LogP contribution is -2.22. The van der Waals surface area contributed by atoms with Crippen molar-refractivity contribution in [1.82, 2.24) is 14.8 Å². The van der Waals surface area contributed by atoms with Crippen molar-refractivity contribution in [3.05, 3.63) is 102 Å². The molecule has 0 aliphatic carbocycles. The molecule has 2 heterocycles. The van der Waals surface area contributed by atoms with Crippen molar-refractivity contribution in [1.29, 1.82) is 4.78 Å². The predicted molar refractivity (Wildman–Crippen MR) is 156 cm³/mol. The van der Waals surface area contributed by atoms with Gasteiger partial charge in [-0.25, -0.2) is 13.4 Å². The minimum absolute atomic E-state index is 0.00758. The van der Waals surface area contributed by atoms with Gasteiger partial charge in [-0.3, -0.25) is 14.5 Å². The van der Waals surface area contributed by atoms with E-state index in [-0.39, 0.29) is 23.6 Å². The van der Waals surface area contributed by atoms with E-state index < -0.39 is 15.5 Å². The standard InChI is InChI=1S/C31H30FN5O3S/c1-20-14-21(16-29(38)36-22-18-35-37(19-22)31(2,3)4)15-26(32)30(20)40-28-12-13-34-27-11-10-24(17-25(27)28)41(33,39)23-8-6-5-7-9-23/h5-15,17-19,33H,16H2,1-4H3,(H,36,38)/t41-/m1/s1. The monoisotopic (exact) mass is 571 g/mol. The number of ether oxygens (including phenoxy) is 1. The zero-order valence-corrected chi connectivity index (χ0v) is 24.0. The Balaban J connectivity index is 1.38. The fourth-order valence-corrected chi connectivity index (χ4v) is 5.76. The number of pyridine rings is 1. The normalized spacial score (nSPS) is 13.1. The van der Waals surface area contributed by atoms with E-state index >= 15 is 4.39 Å². The van der Waals surface area contributed by atoms with Gasteiger partial charge in [-0.05, 0) is 81.3 Å². The maximum Gasteiger partial charge on any atom is 0.228 e. The molecule has 0 aliphatic rings. The third-order valence-corrected chi connectivity index (χ3v) is 8.35. The van der Waals surface area contributed by atoms with E-state index in [1.54, 1.807) is 90.9 Å². The number of anilines is 1. The Labute approximate surface area is 238 Å². The first-order valence-corrected chi connectivity index (χ1v) is 14.5. The molecular weight excluding hydrogens is 541 g/mol. The quantitative estimate of drug-likeness (QED) is 0.217. The van der Waals surface area contributed by atoms with E-state index in [2.05, 4.69) is 15.4 Å². The van der Waals surface area contributed by atoms with Crippen LogP contribution in [0.15, 0.2) is 95.1 Å². The van der Waals surface area contributed by atoms with Crippen molar-refractivity contribution in [2.75, 3.05) is 5.32 Å². The summed E-state index contributed by atoms with van der Waals surface area (Å²) in [6.45, 7) is 7.72. The third-order valence-electron chi connectivity index (χ3n) is 6.50. The minimum Gasteiger partial charge on any atom is -0.453 e. The number of hydrogen-bond acceptors (Lipinski definition) is 6. The van der Waals surface area contributed by atoms with Gasteiger partial charge in [0.05, 0.1) is 39.2 Å². The van der Waals surface area contributed by atoms with E-state index in [1.807, 2.05) is 20.8 Å². The van der Waals surface area contributed by atoms with Gasteiger partial charge in [0.1, 0.15) is 15.5 Å². The van der Waals surface area contributed by atoms with Crippen molar-refractivity contribution in [3.63, 3.8) is 0 Å². The maximum absolute atomic E-state index is 15.3. The predicted octanol–water partition coefficient (Wildman–Crippen LogP) is 7.07. The highest BCUT2D eigenvalue weighted by Crippen LogP contribution is 2.35. The first-order chi connectivity index (χ1) is 19.4. The molecule has 0 bridgehead atoms. The molecule has 10 heteroatoms. The maximum atomic E-state index is 15.3. The highest BCUT2D eigenvalue weighted by molar-refractivity contribution is 7.92. The molecule has 41 heavy (non-hydrogen) atoms. The first kappa shape index (κ1) is 28.0. The van der Waals surface area contributed by atoms with Gasteiger partial charge in [-0.2, -0.15) is 5.10 Å². The second-order valence-electron chi connectivity index (χ2n) is 10.8. The third kappa shape index (κ3) is 5.97. The fourth-order valence-electron chi connectivity index (χ4n) is 4.40. The van der Waals surface area contributed by atoms with Crippen molar-refractivity contribution >= 4 is 32.2 Å². The summed E-state index contributed by atoms with van der Waals surface area (Å²) in [5, 5.41) is 7.58. The molecular formula is C31H30FN5O3S. The summed E-state index contributed by atoms with van der Waals surface area (Å²) in [6, 6.07) is 18.0. The Morgan fingerprint density at radius 3 is 2.51 bits per heavy atom. The smallest absolute Gasteiger partial charge is 0.228 e. The van der Waals surface area contributed by atoms with Crippen molar-refractivity contribution in [3.8, 4) is 11.5 Å². The van der Waals surface area contributed by atoms with Crippen molar-refractivity contribution in [2.24, 2.45) is 0 Å². The van der Waals surface area contributed by atoms with Gasteiger partial charge in [0.25, 0.3) is 0 Å². The number of carbonyl (C=O) groups is 1. The Hall–Kier alpha value is -4.57. The molecule has 0 unspecified atom stereocenters. The van der Waals surface area contributed by atoms with Crippen LogP contribution in [0.4, 0.5) is 10.1 Å². The number of fused-ring (bicyclic) bond motifs is 1. The van der Waals surface area contributed by atoms with E-state index in [0.29, 0.717) is 43.3 Å². The van der Waals surface area contributed by atoms with Gasteiger partial charge < -0.3 is 10.1 Å². The molecule has 0 saturated carbocycles. The number of aryl methyl sites for hydroxylation is 1. The highest BCUT2D eigenvalue weighted by atomic mass is 32.2. The zero-order chi connectivity index (χ0) is 29.4. The van der Waals surface area contributed by atoms with Crippen LogP contribution in [-0.2, 0) is 26.5 Å². The summed E-state index contributed by atoms with van der Waals surface area (Å²) in [5.74, 6) is -0.601. The van der Waals surface area contributed by atoms with Crippen LogP contribution >= 0.6 is 0 Å². The number of aromatic nitrogens is 3. The van der Waals surface area contributed by atoms with Crippen LogP contribution < -0.4 is 10.1 Å². The Morgan fingerprint density at radius 1 is 1.07 bits per heavy atom. The highest BCUT2D eigenvalue weighted by Gasteiger charge is 2.19. The molecule has 8 nitrogen and oxygen atoms in total. The Kier molecular flexibility index (Phi) is 7.35. The van der Waals surface area contributed by atoms with Gasteiger partial charge in [-0.15, -0.1) is 0 Å². The summed E-state index contributed by atoms with van der Waals surface area (Å²) >= 11 is 0. The lowest BCUT2D eigenvalue weighted by atomic mass is 10.1. The fraction of sp³-hybridized carbons (Fsp3) is 0.194. The van der Waals surface area contributed by atoms with Gasteiger partial charge in [0, 0.05) is 17.8 Å². The van der Waals surface area contributed by atoms with Crippen LogP contribution in [0.3, 0.4) is 0 Å². The van der Waals surface area contributed by atoms with Crippen LogP contribution in [-0.4, -0.2) is 24.9 Å². The molecule has 1 amide bonds. The first-order valence-electron chi connectivity index (χ1n) is 13.0. The van der Waals surface area contributed by atoms with E-state index in [1.165, 1.54) is 6.07 Å². The summed E-state index contributed by atoms with van der Waals surface area (Å²) in [5.41, 5.74) is 1.89. The van der Waals surface area contributed by atoms with Crippen LogP contribution in [0.2, 0.25) is 0 Å². The molecule has 0 saturated heterocycles. The van der Waals surface area contributed by atoms with Crippen LogP contribution in [0, 0.1) is 17.5 Å². The van der Waals surface area contributed by atoms with Gasteiger partial charge in [0.15, 0.2) is 11.6 Å². The molecule has 5 rings (SSSR count). The summed E-state index contributed by atoms with van der Waals surface area (Å²) < 4.78 is 45.1. The lowest BCUT2D eigenvalue weighted by Gasteiger charge is -2.18. The molecule has 0 radical (unpaired) electrons. The van der Waals surface area contributed by atoms with Gasteiger partial charge >= 0.3 is 0 Å². The average Bonchev–Trinajstić information content (AvgIpc) is 3.40. The molecule has 3 aromatic carbocycles. The molecule has 0 aliphatic heterocycles. The number of nitrogens with zero attached hydrogens (tertiary/aromatic N) is 3. The minimum atomic E-state index is -3.28. The number of benzene rings is 3. The molecule has 210 valence electrons. The Bertz CT molecular complexity index is 1840. The Morgan fingerprint density at radius 2 is 1.83 bits per heavy atom. The molecule has 0 fully saturated rings. The van der Waals surface area contributed by atoms with E-state index in [9.17, 15) is 9.00 Å². The molecule has 1 atom stereocenters.